The van der Waals surface area contributed by atoms with Crippen LogP contribution in [0.1, 0.15) is 12.8 Å². The number of piperidine rings is 1. The van der Waals surface area contributed by atoms with Gasteiger partial charge in [-0.25, -0.2) is 9.97 Å². The molecule has 3 N–H and O–H groups in total. The fraction of sp³-hybridized carbons (Fsp3) is 0.455. The van der Waals surface area contributed by atoms with Crippen LogP contribution in [0.2, 0.25) is 0 Å². The van der Waals surface area contributed by atoms with Crippen molar-refractivity contribution in [3.8, 4) is 0 Å². The third-order valence-corrected chi connectivity index (χ3v) is 3.09. The highest BCUT2D eigenvalue weighted by molar-refractivity contribution is 5.87. The van der Waals surface area contributed by atoms with Gasteiger partial charge in [0.2, 0.25) is 0 Å². The molecule has 6 heteroatoms. The van der Waals surface area contributed by atoms with E-state index in [1.165, 1.54) is 0 Å². The Bertz CT molecular complexity index is 497. The minimum absolute atomic E-state index is 0. The Hall–Kier alpha value is -1.33. The third kappa shape index (κ3) is 2.21. The average Bonchev–Trinajstić information content (AvgIpc) is 2.76. The first-order valence-electron chi connectivity index (χ1n) is 5.63. The largest absolute Gasteiger partial charge is 0.354 e. The van der Waals surface area contributed by atoms with Crippen LogP contribution in [-0.2, 0) is 0 Å². The zero-order valence-electron chi connectivity index (χ0n) is 9.47. The van der Waals surface area contributed by atoms with E-state index in [1.54, 1.807) is 6.33 Å². The van der Waals surface area contributed by atoms with E-state index < -0.39 is 0 Å². The molecule has 3 rings (SSSR count). The van der Waals surface area contributed by atoms with Crippen LogP contribution >= 0.6 is 12.4 Å². The fourth-order valence-corrected chi connectivity index (χ4v) is 2.31. The van der Waals surface area contributed by atoms with E-state index in [0.29, 0.717) is 0 Å². The molecule has 2 aromatic heterocycles. The summed E-state index contributed by atoms with van der Waals surface area (Å²) in [5.74, 6) is 1.00. The molecular weight excluding hydrogens is 238 g/mol. The number of hydrogen-bond acceptors (Lipinski definition) is 4. The fourth-order valence-electron chi connectivity index (χ4n) is 2.31. The maximum atomic E-state index is 5.99. The number of nitrogens with one attached hydrogen (secondary N) is 1. The van der Waals surface area contributed by atoms with Gasteiger partial charge in [-0.3, -0.25) is 0 Å². The molecule has 5 nitrogen and oxygen atoms in total. The second kappa shape index (κ2) is 4.89. The summed E-state index contributed by atoms with van der Waals surface area (Å²) in [6, 6.07) is 2.28. The van der Waals surface area contributed by atoms with Crippen LogP contribution in [-0.4, -0.2) is 34.1 Å². The molecule has 0 aromatic carbocycles. The van der Waals surface area contributed by atoms with Crippen molar-refractivity contribution in [1.29, 1.82) is 0 Å². The first-order valence-corrected chi connectivity index (χ1v) is 5.63. The smallest absolute Gasteiger partial charge is 0.142 e. The first-order chi connectivity index (χ1) is 7.84. The number of H-pyrrole nitrogens is 1. The summed E-state index contributed by atoms with van der Waals surface area (Å²) >= 11 is 0. The van der Waals surface area contributed by atoms with Gasteiger partial charge in [-0.2, -0.15) is 0 Å². The summed E-state index contributed by atoms with van der Waals surface area (Å²) in [7, 11) is 0. The van der Waals surface area contributed by atoms with Crippen LogP contribution < -0.4 is 10.6 Å². The van der Waals surface area contributed by atoms with Gasteiger partial charge in [0, 0.05) is 25.3 Å². The van der Waals surface area contributed by atoms with E-state index in [0.717, 1.165) is 42.8 Å². The molecule has 2 aromatic rings. The summed E-state index contributed by atoms with van der Waals surface area (Å²) in [5.41, 5.74) is 6.88. The minimum atomic E-state index is 0. The van der Waals surface area contributed by atoms with Gasteiger partial charge in [-0.1, -0.05) is 0 Å². The molecule has 0 spiro atoms. The van der Waals surface area contributed by atoms with Crippen molar-refractivity contribution in [2.45, 2.75) is 18.9 Å². The van der Waals surface area contributed by atoms with Gasteiger partial charge < -0.3 is 15.6 Å². The Morgan fingerprint density at radius 3 is 3.12 bits per heavy atom. The van der Waals surface area contributed by atoms with Crippen molar-refractivity contribution in [1.82, 2.24) is 15.0 Å². The zero-order valence-corrected chi connectivity index (χ0v) is 10.3. The average molecular weight is 254 g/mol. The molecule has 1 atom stereocenters. The second-order valence-corrected chi connectivity index (χ2v) is 4.29. The first kappa shape index (κ1) is 12.1. The highest BCUT2D eigenvalue weighted by Crippen LogP contribution is 2.24. The number of aromatic amines is 1. The molecule has 3 heterocycles. The Morgan fingerprint density at radius 2 is 2.29 bits per heavy atom. The van der Waals surface area contributed by atoms with Crippen molar-refractivity contribution in [2.24, 2.45) is 5.73 Å². The zero-order chi connectivity index (χ0) is 11.0. The number of nitrogens with zero attached hydrogens (tertiary/aromatic N) is 3. The van der Waals surface area contributed by atoms with Crippen molar-refractivity contribution in [3.63, 3.8) is 0 Å². The van der Waals surface area contributed by atoms with Crippen molar-refractivity contribution in [3.05, 3.63) is 18.6 Å². The summed E-state index contributed by atoms with van der Waals surface area (Å²) < 4.78 is 0. The quantitative estimate of drug-likeness (QED) is 0.804. The monoisotopic (exact) mass is 253 g/mol. The number of aromatic nitrogens is 3. The van der Waals surface area contributed by atoms with Gasteiger partial charge in [0.25, 0.3) is 0 Å². The molecule has 0 bridgehead atoms. The molecule has 17 heavy (non-hydrogen) atoms. The number of rotatable bonds is 1. The van der Waals surface area contributed by atoms with Gasteiger partial charge in [-0.05, 0) is 18.9 Å². The Kier molecular flexibility index (Phi) is 3.49. The van der Waals surface area contributed by atoms with E-state index in [2.05, 4.69) is 19.9 Å². The maximum Gasteiger partial charge on any atom is 0.142 e. The predicted octanol–water partition coefficient (Wildman–Crippen LogP) is 1.31. The van der Waals surface area contributed by atoms with Crippen LogP contribution in [0.25, 0.3) is 11.0 Å². The lowest BCUT2D eigenvalue weighted by atomic mass is 10.1. The lowest BCUT2D eigenvalue weighted by molar-refractivity contribution is 0.504. The number of fused-ring (bicyclic) bond motifs is 1. The molecule has 1 aliphatic heterocycles. The third-order valence-electron chi connectivity index (χ3n) is 3.09. The number of halogens is 1. The van der Waals surface area contributed by atoms with Crippen LogP contribution in [0, 0.1) is 0 Å². The minimum Gasteiger partial charge on any atom is -0.354 e. The van der Waals surface area contributed by atoms with E-state index in [4.69, 9.17) is 5.73 Å². The summed E-state index contributed by atoms with van der Waals surface area (Å²) in [6.45, 7) is 1.92. The highest BCUT2D eigenvalue weighted by atomic mass is 35.5. The summed E-state index contributed by atoms with van der Waals surface area (Å²) in [4.78, 5) is 13.9. The van der Waals surface area contributed by atoms with Crippen LogP contribution in [0.5, 0.6) is 0 Å². The van der Waals surface area contributed by atoms with Crippen molar-refractivity contribution < 1.29 is 0 Å². The molecule has 0 radical (unpaired) electrons. The molecule has 1 aliphatic rings. The Morgan fingerprint density at radius 1 is 1.41 bits per heavy atom. The number of nitrogens with two attached hydrogens (primary N) is 1. The van der Waals surface area contributed by atoms with Crippen molar-refractivity contribution >= 4 is 29.3 Å². The van der Waals surface area contributed by atoms with Crippen LogP contribution in [0.4, 0.5) is 5.82 Å². The van der Waals surface area contributed by atoms with Crippen LogP contribution in [0.3, 0.4) is 0 Å². The molecule has 0 saturated carbocycles. The van der Waals surface area contributed by atoms with Gasteiger partial charge in [0.05, 0.1) is 5.39 Å². The van der Waals surface area contributed by atoms with Gasteiger partial charge in [0.1, 0.15) is 17.8 Å². The number of hydrogen-bond donors (Lipinski definition) is 2. The molecule has 1 fully saturated rings. The lowest BCUT2D eigenvalue weighted by Crippen LogP contribution is -2.43. The highest BCUT2D eigenvalue weighted by Gasteiger charge is 2.19. The molecule has 0 aliphatic carbocycles. The predicted molar refractivity (Wildman–Crippen MR) is 70.6 cm³/mol. The lowest BCUT2D eigenvalue weighted by Gasteiger charge is -2.31. The Balaban J connectivity index is 0.00000108. The second-order valence-electron chi connectivity index (χ2n) is 4.29. The standard InChI is InChI=1S/C11H15N5.ClH/c12-8-2-1-5-16(6-8)11-9-3-4-13-10(9)14-7-15-11;/h3-4,7-8H,1-2,5-6,12H2,(H,13,14,15);1H/t8-;/m1./s1. The van der Waals surface area contributed by atoms with Crippen molar-refractivity contribution in [2.75, 3.05) is 18.0 Å². The van der Waals surface area contributed by atoms with E-state index in [9.17, 15) is 0 Å². The molecule has 1 saturated heterocycles. The molecular formula is C11H16ClN5. The number of anilines is 1. The molecule has 0 unspecified atom stereocenters. The van der Waals surface area contributed by atoms with E-state index in [1.807, 2.05) is 12.3 Å². The van der Waals surface area contributed by atoms with Gasteiger partial charge >= 0.3 is 0 Å². The summed E-state index contributed by atoms with van der Waals surface area (Å²) in [5, 5.41) is 1.08. The molecule has 92 valence electrons. The normalized spacial score (nSPS) is 20.3. The maximum absolute atomic E-state index is 5.99. The van der Waals surface area contributed by atoms with E-state index in [-0.39, 0.29) is 18.4 Å². The van der Waals surface area contributed by atoms with Crippen LogP contribution in [0.15, 0.2) is 18.6 Å². The Labute approximate surface area is 106 Å². The SMILES string of the molecule is Cl.N[C@@H]1CCCN(c2ncnc3[nH]ccc23)C1. The van der Waals surface area contributed by atoms with E-state index >= 15 is 0 Å². The molecule has 0 amide bonds. The van der Waals surface area contributed by atoms with Gasteiger partial charge in [0.15, 0.2) is 0 Å². The van der Waals surface area contributed by atoms with Gasteiger partial charge in [-0.15, -0.1) is 12.4 Å². The topological polar surface area (TPSA) is 70.8 Å². The summed E-state index contributed by atoms with van der Waals surface area (Å²) in [6.07, 6.45) is 5.75.